The molecule has 0 aliphatic heterocycles. The Labute approximate surface area is 155 Å². The maximum absolute atomic E-state index is 12.4. The fourth-order valence-corrected chi connectivity index (χ4v) is 2.87. The van der Waals surface area contributed by atoms with Crippen LogP contribution in [0.1, 0.15) is 11.1 Å². The Morgan fingerprint density at radius 2 is 1.85 bits per heavy atom. The number of benzene rings is 2. The Balaban J connectivity index is 1.58. The minimum atomic E-state index is -0.410. The quantitative estimate of drug-likeness (QED) is 0.646. The number of fused-ring (bicyclic) bond motifs is 1. The molecule has 0 atom stereocenters. The number of ether oxygens (including phenoxy) is 1. The van der Waals surface area contributed by atoms with Gasteiger partial charge in [0, 0.05) is 0 Å². The fourth-order valence-electron chi connectivity index (χ4n) is 2.87. The Morgan fingerprint density at radius 3 is 2.59 bits per heavy atom. The Hall–Kier alpha value is -3.35. The Bertz CT molecular complexity index is 1100. The van der Waals surface area contributed by atoms with Gasteiger partial charge in [-0.2, -0.15) is 0 Å². The molecule has 140 valence electrons. The summed E-state index contributed by atoms with van der Waals surface area (Å²) < 4.78 is 6.67. The summed E-state index contributed by atoms with van der Waals surface area (Å²) in [5, 5.41) is 5.71. The second-order valence-corrected chi connectivity index (χ2v) is 6.35. The molecule has 2 N–H and O–H groups in total. The van der Waals surface area contributed by atoms with Gasteiger partial charge in [-0.1, -0.05) is 29.8 Å². The molecule has 2 aromatic carbocycles. The van der Waals surface area contributed by atoms with Gasteiger partial charge in [-0.3, -0.25) is 19.5 Å². The van der Waals surface area contributed by atoms with E-state index >= 15 is 0 Å². The summed E-state index contributed by atoms with van der Waals surface area (Å²) in [6, 6.07) is 12.4. The summed E-state index contributed by atoms with van der Waals surface area (Å²) in [4.78, 5) is 36.5. The van der Waals surface area contributed by atoms with E-state index in [-0.39, 0.29) is 17.8 Å². The van der Waals surface area contributed by atoms with E-state index in [1.807, 2.05) is 32.0 Å². The second kappa shape index (κ2) is 7.90. The first-order valence-electron chi connectivity index (χ1n) is 8.64. The van der Waals surface area contributed by atoms with Crippen LogP contribution in [0.2, 0.25) is 0 Å². The first-order chi connectivity index (χ1) is 13.0. The van der Waals surface area contributed by atoms with E-state index in [0.717, 1.165) is 21.6 Å². The average molecular weight is 367 g/mol. The van der Waals surface area contributed by atoms with E-state index in [9.17, 15) is 14.4 Å². The molecule has 0 spiro atoms. The zero-order valence-electron chi connectivity index (χ0n) is 15.2. The van der Waals surface area contributed by atoms with Crippen molar-refractivity contribution in [3.05, 3.63) is 74.3 Å². The third-order valence-corrected chi connectivity index (χ3v) is 4.20. The van der Waals surface area contributed by atoms with E-state index in [1.54, 1.807) is 24.3 Å². The zero-order chi connectivity index (χ0) is 19.4. The van der Waals surface area contributed by atoms with Gasteiger partial charge in [-0.15, -0.1) is 0 Å². The highest BCUT2D eigenvalue weighted by atomic mass is 16.5. The molecule has 0 radical (unpaired) electrons. The maximum Gasteiger partial charge on any atom is 0.273 e. The molecule has 27 heavy (non-hydrogen) atoms. The first kappa shape index (κ1) is 18.4. The van der Waals surface area contributed by atoms with Crippen molar-refractivity contribution in [3.8, 4) is 5.75 Å². The number of aromatic nitrogens is 2. The van der Waals surface area contributed by atoms with Crippen molar-refractivity contribution in [2.75, 3.05) is 13.2 Å². The summed E-state index contributed by atoms with van der Waals surface area (Å²) in [6.07, 6.45) is 0. The smallest absolute Gasteiger partial charge is 0.273 e. The zero-order valence-corrected chi connectivity index (χ0v) is 15.2. The minimum absolute atomic E-state index is 0.261. The molecular formula is C20H21N3O4. The molecule has 0 aliphatic rings. The van der Waals surface area contributed by atoms with Crippen LogP contribution < -0.4 is 21.2 Å². The van der Waals surface area contributed by atoms with Gasteiger partial charge in [0.15, 0.2) is 0 Å². The second-order valence-electron chi connectivity index (χ2n) is 6.35. The number of rotatable bonds is 6. The number of hydrogen-bond acceptors (Lipinski definition) is 4. The van der Waals surface area contributed by atoms with Crippen LogP contribution in [0.5, 0.6) is 5.75 Å². The molecule has 3 aromatic rings. The van der Waals surface area contributed by atoms with Crippen molar-refractivity contribution < 1.29 is 9.53 Å². The molecule has 7 nitrogen and oxygen atoms in total. The van der Waals surface area contributed by atoms with Crippen LogP contribution in [0.25, 0.3) is 10.8 Å². The molecule has 7 heteroatoms. The van der Waals surface area contributed by atoms with E-state index in [0.29, 0.717) is 18.5 Å². The molecule has 0 saturated heterocycles. The topological polar surface area (TPSA) is 93.2 Å². The summed E-state index contributed by atoms with van der Waals surface area (Å²) in [5.74, 6) is 0.386. The monoisotopic (exact) mass is 367 g/mol. The van der Waals surface area contributed by atoms with Crippen LogP contribution in [0.4, 0.5) is 0 Å². The highest BCUT2D eigenvalue weighted by Crippen LogP contribution is 2.18. The van der Waals surface area contributed by atoms with E-state index in [2.05, 4.69) is 10.4 Å². The van der Waals surface area contributed by atoms with E-state index in [4.69, 9.17) is 4.74 Å². The molecule has 1 amide bonds. The predicted octanol–water partition coefficient (Wildman–Crippen LogP) is 1.50. The Morgan fingerprint density at radius 1 is 1.11 bits per heavy atom. The number of aryl methyl sites for hydroxylation is 2. The molecule has 3 rings (SSSR count). The van der Waals surface area contributed by atoms with Crippen LogP contribution in [0.3, 0.4) is 0 Å². The molecule has 1 heterocycles. The van der Waals surface area contributed by atoms with Crippen LogP contribution in [0.15, 0.2) is 52.1 Å². The van der Waals surface area contributed by atoms with Gasteiger partial charge in [0.25, 0.3) is 11.1 Å². The Kier molecular flexibility index (Phi) is 5.40. The van der Waals surface area contributed by atoms with Crippen LogP contribution in [-0.4, -0.2) is 28.8 Å². The maximum atomic E-state index is 12.4. The normalized spacial score (nSPS) is 10.7. The lowest BCUT2D eigenvalue weighted by molar-refractivity contribution is -0.122. The lowest BCUT2D eigenvalue weighted by Crippen LogP contribution is -2.37. The van der Waals surface area contributed by atoms with Gasteiger partial charge >= 0.3 is 0 Å². The van der Waals surface area contributed by atoms with Crippen LogP contribution in [0, 0.1) is 13.8 Å². The van der Waals surface area contributed by atoms with Crippen molar-refractivity contribution in [1.82, 2.24) is 15.1 Å². The number of nitrogens with zero attached hydrogens (tertiary/aromatic N) is 1. The SMILES string of the molecule is Cc1ccc(OCCNC(=O)Cn2[nH]c(=O)c3ccccc3c2=O)c(C)c1. The molecule has 0 bridgehead atoms. The highest BCUT2D eigenvalue weighted by molar-refractivity contribution is 5.81. The standard InChI is InChI=1S/C20H21N3O4/c1-13-7-8-17(14(2)11-13)27-10-9-21-18(24)12-23-20(26)16-6-4-3-5-15(16)19(25)22-23/h3-8,11H,9-10,12H2,1-2H3,(H,21,24)(H,22,25). The number of H-pyrrole nitrogens is 1. The van der Waals surface area contributed by atoms with Gasteiger partial charge in [0.1, 0.15) is 18.9 Å². The van der Waals surface area contributed by atoms with Crippen molar-refractivity contribution in [3.63, 3.8) is 0 Å². The number of carbonyl (C=O) groups excluding carboxylic acids is 1. The third-order valence-electron chi connectivity index (χ3n) is 4.20. The van der Waals surface area contributed by atoms with E-state index < -0.39 is 11.1 Å². The van der Waals surface area contributed by atoms with Gasteiger partial charge in [-0.25, -0.2) is 4.68 Å². The van der Waals surface area contributed by atoms with Crippen molar-refractivity contribution in [2.24, 2.45) is 0 Å². The number of amides is 1. The van der Waals surface area contributed by atoms with Crippen LogP contribution in [-0.2, 0) is 11.3 Å². The van der Waals surface area contributed by atoms with Gasteiger partial charge in [0.2, 0.25) is 5.91 Å². The highest BCUT2D eigenvalue weighted by Gasteiger charge is 2.10. The number of carbonyl (C=O) groups is 1. The molecular weight excluding hydrogens is 346 g/mol. The molecule has 1 aromatic heterocycles. The lowest BCUT2D eigenvalue weighted by atomic mass is 10.1. The summed E-state index contributed by atoms with van der Waals surface area (Å²) in [6.45, 7) is 4.30. The minimum Gasteiger partial charge on any atom is -0.491 e. The molecule has 0 saturated carbocycles. The molecule has 0 unspecified atom stereocenters. The number of nitrogens with one attached hydrogen (secondary N) is 2. The average Bonchev–Trinajstić information content (AvgIpc) is 2.64. The van der Waals surface area contributed by atoms with Gasteiger partial charge in [0.05, 0.1) is 17.3 Å². The van der Waals surface area contributed by atoms with Gasteiger partial charge < -0.3 is 10.1 Å². The lowest BCUT2D eigenvalue weighted by Gasteiger charge is -2.11. The van der Waals surface area contributed by atoms with Gasteiger partial charge in [-0.05, 0) is 37.6 Å². The summed E-state index contributed by atoms with van der Waals surface area (Å²) in [5.41, 5.74) is 1.37. The summed E-state index contributed by atoms with van der Waals surface area (Å²) >= 11 is 0. The fraction of sp³-hybridized carbons (Fsp3) is 0.250. The summed E-state index contributed by atoms with van der Waals surface area (Å²) in [7, 11) is 0. The van der Waals surface area contributed by atoms with E-state index in [1.165, 1.54) is 0 Å². The van der Waals surface area contributed by atoms with Crippen molar-refractivity contribution >= 4 is 16.7 Å². The first-order valence-corrected chi connectivity index (χ1v) is 8.64. The molecule has 0 aliphatic carbocycles. The largest absolute Gasteiger partial charge is 0.491 e. The van der Waals surface area contributed by atoms with Crippen LogP contribution >= 0.6 is 0 Å². The van der Waals surface area contributed by atoms with Crippen molar-refractivity contribution in [2.45, 2.75) is 20.4 Å². The third kappa shape index (κ3) is 4.25. The van der Waals surface area contributed by atoms with Crippen molar-refractivity contribution in [1.29, 1.82) is 0 Å². The number of aromatic amines is 1. The number of hydrogen-bond donors (Lipinski definition) is 2. The predicted molar refractivity (Wildman–Crippen MR) is 103 cm³/mol. The molecule has 0 fully saturated rings.